The molecule has 1 heterocycles. The summed E-state index contributed by atoms with van der Waals surface area (Å²) in [6.07, 6.45) is 0.788. The molecule has 2 aromatic carbocycles. The molecule has 0 radical (unpaired) electrons. The van der Waals surface area contributed by atoms with Crippen molar-refractivity contribution in [2.24, 2.45) is 4.99 Å². The highest BCUT2D eigenvalue weighted by molar-refractivity contribution is 14.0. The van der Waals surface area contributed by atoms with Crippen LogP contribution in [0.2, 0.25) is 0 Å². The van der Waals surface area contributed by atoms with Crippen molar-refractivity contribution >= 4 is 35.8 Å². The number of carbonyl (C=O) groups is 1. The number of amides is 1. The minimum atomic E-state index is -0.278. The lowest BCUT2D eigenvalue weighted by atomic mass is 10.0. The predicted molar refractivity (Wildman–Crippen MR) is 122 cm³/mol. The normalized spacial score (nSPS) is 15.4. The number of nitrogens with zero attached hydrogens (tertiary/aromatic N) is 2. The molecule has 1 unspecified atom stereocenters. The molecule has 1 amide bonds. The van der Waals surface area contributed by atoms with Crippen LogP contribution in [0.1, 0.15) is 23.6 Å². The quantitative estimate of drug-likeness (QED) is 0.367. The van der Waals surface area contributed by atoms with E-state index in [0.717, 1.165) is 23.3 Å². The number of carbonyl (C=O) groups excluding carboxylic acids is 1. The van der Waals surface area contributed by atoms with Crippen LogP contribution in [-0.2, 0) is 11.3 Å². The number of nitrogens with one attached hydrogen (secondary N) is 2. The highest BCUT2D eigenvalue weighted by Gasteiger charge is 2.22. The number of para-hydroxylation sites is 1. The average Bonchev–Trinajstić information content (AvgIpc) is 2.71. The molecule has 156 valence electrons. The van der Waals surface area contributed by atoms with Gasteiger partial charge in [-0.1, -0.05) is 30.3 Å². The molecule has 8 heteroatoms. The Kier molecular flexibility index (Phi) is 8.69. The van der Waals surface area contributed by atoms with Crippen molar-refractivity contribution in [1.82, 2.24) is 15.5 Å². The third-order valence-corrected chi connectivity index (χ3v) is 4.51. The lowest BCUT2D eigenvalue weighted by Gasteiger charge is -2.28. The van der Waals surface area contributed by atoms with Crippen molar-refractivity contribution < 1.29 is 13.9 Å². The minimum Gasteiger partial charge on any atom is -0.493 e. The number of fused-ring (bicyclic) bond motifs is 1. The van der Waals surface area contributed by atoms with Crippen molar-refractivity contribution in [3.63, 3.8) is 0 Å². The Morgan fingerprint density at radius 3 is 2.66 bits per heavy atom. The molecule has 1 aliphatic heterocycles. The summed E-state index contributed by atoms with van der Waals surface area (Å²) in [5, 5.41) is 6.50. The summed E-state index contributed by atoms with van der Waals surface area (Å²) in [5.41, 5.74) is 1.94. The van der Waals surface area contributed by atoms with Gasteiger partial charge in [-0.05, 0) is 23.8 Å². The lowest BCUT2D eigenvalue weighted by molar-refractivity contribution is -0.127. The fourth-order valence-corrected chi connectivity index (χ4v) is 2.89. The number of ether oxygens (including phenoxy) is 1. The molecule has 0 fully saturated rings. The van der Waals surface area contributed by atoms with Gasteiger partial charge in [-0.25, -0.2) is 9.38 Å². The van der Waals surface area contributed by atoms with E-state index in [4.69, 9.17) is 4.74 Å². The van der Waals surface area contributed by atoms with Gasteiger partial charge in [0.1, 0.15) is 11.6 Å². The van der Waals surface area contributed by atoms with E-state index >= 15 is 0 Å². The average molecular weight is 512 g/mol. The van der Waals surface area contributed by atoms with Crippen molar-refractivity contribution in [2.75, 3.05) is 27.2 Å². The van der Waals surface area contributed by atoms with Crippen LogP contribution < -0.4 is 15.4 Å². The number of guanidine groups is 1. The van der Waals surface area contributed by atoms with Crippen molar-refractivity contribution in [2.45, 2.75) is 19.0 Å². The molecule has 0 bridgehead atoms. The zero-order valence-electron chi connectivity index (χ0n) is 16.5. The minimum absolute atomic E-state index is 0. The Morgan fingerprint density at radius 1 is 1.21 bits per heavy atom. The van der Waals surface area contributed by atoms with Gasteiger partial charge in [-0.2, -0.15) is 0 Å². The van der Waals surface area contributed by atoms with Gasteiger partial charge in [-0.3, -0.25) is 4.79 Å². The van der Waals surface area contributed by atoms with Crippen molar-refractivity contribution in [3.8, 4) is 5.75 Å². The number of halogens is 2. The van der Waals surface area contributed by atoms with E-state index in [-0.39, 0.29) is 48.3 Å². The Morgan fingerprint density at radius 2 is 1.93 bits per heavy atom. The van der Waals surface area contributed by atoms with Gasteiger partial charge in [0.15, 0.2) is 5.96 Å². The molecule has 0 saturated heterocycles. The van der Waals surface area contributed by atoms with E-state index in [1.54, 1.807) is 26.2 Å². The molecule has 0 aliphatic carbocycles. The maximum atomic E-state index is 13.1. The molecular weight excluding hydrogens is 486 g/mol. The molecular formula is C21H26FIN4O2. The van der Waals surface area contributed by atoms with E-state index in [0.29, 0.717) is 19.1 Å². The highest BCUT2D eigenvalue weighted by Crippen LogP contribution is 2.31. The number of hydrogen-bond acceptors (Lipinski definition) is 3. The first-order valence-corrected chi connectivity index (χ1v) is 9.24. The second kappa shape index (κ2) is 11.0. The van der Waals surface area contributed by atoms with Gasteiger partial charge >= 0.3 is 0 Å². The Bertz CT molecular complexity index is 843. The van der Waals surface area contributed by atoms with E-state index in [1.165, 1.54) is 17.0 Å². The fourth-order valence-electron chi connectivity index (χ4n) is 2.89. The Balaban J connectivity index is 0.00000300. The van der Waals surface area contributed by atoms with Crippen LogP contribution in [0.4, 0.5) is 4.39 Å². The summed E-state index contributed by atoms with van der Waals surface area (Å²) in [7, 11) is 3.42. The topological polar surface area (TPSA) is 66.0 Å². The van der Waals surface area contributed by atoms with Gasteiger partial charge in [0.25, 0.3) is 0 Å². The van der Waals surface area contributed by atoms with Crippen LogP contribution in [0, 0.1) is 5.82 Å². The first-order valence-electron chi connectivity index (χ1n) is 9.24. The Labute approximate surface area is 187 Å². The SMILES string of the molecule is CN(C)C(=O)CNC(=NCc1ccc(F)cc1)NC1CCOc2ccccc21.I. The van der Waals surface area contributed by atoms with E-state index in [1.807, 2.05) is 24.3 Å². The molecule has 1 aliphatic rings. The standard InChI is InChI=1S/C21H25FN4O2.HI/c1-26(2)20(27)14-24-21(23-13-15-7-9-16(22)10-8-15)25-18-11-12-28-19-6-4-3-5-17(18)19;/h3-10,18H,11-14H2,1-2H3,(H2,23,24,25);1H. The maximum Gasteiger partial charge on any atom is 0.241 e. The van der Waals surface area contributed by atoms with Crippen LogP contribution in [0.25, 0.3) is 0 Å². The van der Waals surface area contributed by atoms with Crippen molar-refractivity contribution in [1.29, 1.82) is 0 Å². The van der Waals surface area contributed by atoms with Crippen LogP contribution in [0.15, 0.2) is 53.5 Å². The summed E-state index contributed by atoms with van der Waals surface area (Å²) in [5.74, 6) is 1.05. The van der Waals surface area contributed by atoms with Crippen LogP contribution >= 0.6 is 24.0 Å². The summed E-state index contributed by atoms with van der Waals surface area (Å²) < 4.78 is 18.8. The largest absolute Gasteiger partial charge is 0.493 e. The van der Waals surface area contributed by atoms with Gasteiger partial charge in [0.2, 0.25) is 5.91 Å². The Hall–Kier alpha value is -2.36. The van der Waals surface area contributed by atoms with Gasteiger partial charge in [-0.15, -0.1) is 24.0 Å². The van der Waals surface area contributed by atoms with E-state index in [9.17, 15) is 9.18 Å². The number of benzene rings is 2. The lowest BCUT2D eigenvalue weighted by Crippen LogP contribution is -2.45. The molecule has 3 rings (SSSR count). The molecule has 2 N–H and O–H groups in total. The molecule has 29 heavy (non-hydrogen) atoms. The second-order valence-electron chi connectivity index (χ2n) is 6.80. The summed E-state index contributed by atoms with van der Waals surface area (Å²) in [6, 6.07) is 14.1. The molecule has 2 aromatic rings. The number of aliphatic imine (C=N–C) groups is 1. The summed E-state index contributed by atoms with van der Waals surface area (Å²) >= 11 is 0. The van der Waals surface area contributed by atoms with E-state index < -0.39 is 0 Å². The molecule has 0 spiro atoms. The van der Waals surface area contributed by atoms with Crippen LogP contribution in [0.5, 0.6) is 5.75 Å². The molecule has 1 atom stereocenters. The van der Waals surface area contributed by atoms with Crippen molar-refractivity contribution in [3.05, 3.63) is 65.5 Å². The van der Waals surface area contributed by atoms with Crippen LogP contribution in [-0.4, -0.2) is 44.0 Å². The maximum absolute atomic E-state index is 13.1. The predicted octanol–water partition coefficient (Wildman–Crippen LogP) is 3.09. The summed E-state index contributed by atoms with van der Waals surface area (Å²) in [6.45, 7) is 1.11. The second-order valence-corrected chi connectivity index (χ2v) is 6.80. The van der Waals surface area contributed by atoms with Crippen LogP contribution in [0.3, 0.4) is 0 Å². The summed E-state index contributed by atoms with van der Waals surface area (Å²) in [4.78, 5) is 18.1. The zero-order valence-corrected chi connectivity index (χ0v) is 18.9. The third kappa shape index (κ3) is 6.59. The number of likely N-dealkylation sites (N-methyl/N-ethyl adjacent to an activating group) is 1. The first-order chi connectivity index (χ1) is 13.5. The monoisotopic (exact) mass is 512 g/mol. The number of rotatable bonds is 5. The zero-order chi connectivity index (χ0) is 19.9. The van der Waals surface area contributed by atoms with Gasteiger partial charge < -0.3 is 20.3 Å². The molecule has 0 saturated carbocycles. The molecule has 0 aromatic heterocycles. The molecule has 6 nitrogen and oxygen atoms in total. The fraction of sp³-hybridized carbons (Fsp3) is 0.333. The number of hydrogen-bond donors (Lipinski definition) is 2. The van der Waals surface area contributed by atoms with E-state index in [2.05, 4.69) is 15.6 Å². The first kappa shape index (κ1) is 22.9. The highest BCUT2D eigenvalue weighted by atomic mass is 127. The smallest absolute Gasteiger partial charge is 0.241 e. The third-order valence-electron chi connectivity index (χ3n) is 4.51. The van der Waals surface area contributed by atoms with Gasteiger partial charge in [0.05, 0.1) is 25.7 Å². The van der Waals surface area contributed by atoms with Gasteiger partial charge in [0, 0.05) is 26.1 Å².